The number of guanidine groups is 1. The van der Waals surface area contributed by atoms with E-state index in [-0.39, 0.29) is 72.0 Å². The molecule has 7 N–H and O–H groups in total. The molecular weight excluding hydrogens is 653 g/mol. The Balaban J connectivity index is 0.00000468. The Labute approximate surface area is 310 Å². The van der Waals surface area contributed by atoms with E-state index in [1.54, 1.807) is 12.1 Å². The van der Waals surface area contributed by atoms with Crippen LogP contribution in [0.1, 0.15) is 91.2 Å². The Morgan fingerprint density at radius 1 is 1.04 bits per heavy atom. The van der Waals surface area contributed by atoms with Crippen LogP contribution in [-0.2, 0) is 22.3 Å². The smallest absolute Gasteiger partial charge is 0.748 e. The number of ether oxygens (including phenoxy) is 1. The summed E-state index contributed by atoms with van der Waals surface area (Å²) >= 11 is 0. The number of nitrogens with two attached hydrogens (primary N) is 2. The van der Waals surface area contributed by atoms with Gasteiger partial charge in [-0.2, -0.15) is 0 Å². The van der Waals surface area contributed by atoms with Crippen molar-refractivity contribution >= 4 is 16.1 Å². The number of allylic oxidation sites excluding steroid dienone is 1. The summed E-state index contributed by atoms with van der Waals surface area (Å²) in [5, 5.41) is 29.8. The Morgan fingerprint density at radius 2 is 1.76 bits per heavy atom. The number of nitrogens with zero attached hydrogens (tertiary/aromatic N) is 1. The molecule has 0 radical (unpaired) electrons. The number of phenols is 1. The van der Waals surface area contributed by atoms with Gasteiger partial charge in [-0.25, -0.2) is 13.4 Å². The third-order valence-electron chi connectivity index (χ3n) is 10.6. The van der Waals surface area contributed by atoms with E-state index < -0.39 is 33.1 Å². The van der Waals surface area contributed by atoms with Crippen LogP contribution in [-0.4, -0.2) is 46.1 Å². The zero-order valence-corrected chi connectivity index (χ0v) is 30.9. The Hall–Kier alpha value is -2.90. The maximum absolute atomic E-state index is 13.3. The summed E-state index contributed by atoms with van der Waals surface area (Å²) in [4.78, 5) is 4.59. The van der Waals surface area contributed by atoms with Crippen molar-refractivity contribution in [3.8, 4) is 11.5 Å². The van der Waals surface area contributed by atoms with Crippen LogP contribution in [0, 0.1) is 11.8 Å². The van der Waals surface area contributed by atoms with Gasteiger partial charge in [0.1, 0.15) is 17.6 Å². The second-order valence-electron chi connectivity index (χ2n) is 13.6. The van der Waals surface area contributed by atoms with E-state index in [4.69, 9.17) is 16.2 Å². The van der Waals surface area contributed by atoms with Crippen molar-refractivity contribution in [3.63, 3.8) is 0 Å². The van der Waals surface area contributed by atoms with Gasteiger partial charge in [-0.3, -0.25) is 0 Å². The molecule has 3 aliphatic heterocycles. The van der Waals surface area contributed by atoms with Crippen molar-refractivity contribution < 1.29 is 62.6 Å². The molecule has 49 heavy (non-hydrogen) atoms. The SMILES string of the molecule is C[C@H]1CCc2cc3ccc2[C@@H]1C[C@@H](S(=O)(=O)[O-])[C@@H]1C=C([C@@H](O)c2ccc(O)cc2)CC[C@H]1c1ccc(cc1)[C@@](CCCO)(N=C(N)N)O3.[Na+]. The van der Waals surface area contributed by atoms with Gasteiger partial charge in [-0.05, 0) is 114 Å². The van der Waals surface area contributed by atoms with E-state index >= 15 is 0 Å². The van der Waals surface area contributed by atoms with Crippen LogP contribution in [0.25, 0.3) is 0 Å². The molecule has 0 fully saturated rings. The minimum Gasteiger partial charge on any atom is -0.748 e. The van der Waals surface area contributed by atoms with Crippen LogP contribution in [0.5, 0.6) is 11.5 Å². The fourth-order valence-corrected chi connectivity index (χ4v) is 9.21. The summed E-state index contributed by atoms with van der Waals surface area (Å²) in [5.41, 5.74) is 15.3. The van der Waals surface area contributed by atoms with E-state index in [0.29, 0.717) is 48.1 Å². The average Bonchev–Trinajstić information content (AvgIpc) is 3.06. The summed E-state index contributed by atoms with van der Waals surface area (Å²) in [7, 11) is -4.80. The van der Waals surface area contributed by atoms with E-state index in [2.05, 4.69) is 11.9 Å². The topological polar surface area (TPSA) is 192 Å². The third-order valence-corrected chi connectivity index (χ3v) is 11.8. The van der Waals surface area contributed by atoms with Crippen LogP contribution in [0.3, 0.4) is 0 Å². The maximum atomic E-state index is 13.3. The van der Waals surface area contributed by atoms with Gasteiger partial charge in [-0.15, -0.1) is 0 Å². The van der Waals surface area contributed by atoms with Gasteiger partial charge in [0, 0.05) is 18.6 Å². The second kappa shape index (κ2) is 15.1. The second-order valence-corrected chi connectivity index (χ2v) is 15.2. The molecule has 10 nitrogen and oxygen atoms in total. The summed E-state index contributed by atoms with van der Waals surface area (Å²) in [6, 6.07) is 19.6. The fraction of sp³-hybridized carbons (Fsp3) is 0.432. The van der Waals surface area contributed by atoms with Gasteiger partial charge in [0.15, 0.2) is 5.96 Å². The molecule has 12 heteroatoms. The van der Waals surface area contributed by atoms with Gasteiger partial charge < -0.3 is 36.1 Å². The molecule has 7 atom stereocenters. The van der Waals surface area contributed by atoms with Crippen molar-refractivity contribution in [2.45, 2.75) is 80.8 Å². The standard InChI is InChI=1S/C37H45N3O7S.Na/c1-22-3-4-25-19-29-14-16-31(25)32(22)21-34(48(44,45)46)33-20-26(35(43)24-7-12-28(42)13-8-24)9-15-30(33)23-5-10-27(11-6-23)37(47-29,17-2-18-41)40-36(38)39;/h5-8,10-14,16,19-20,22,30,32-35,41-43H,2-4,9,15,17-18,21H2,1H3,(H4,38,39,40)(H,44,45,46);/q;+1/p-1/t22-,30-,32+,33+,34+,35-,37-;/m0./s1. The number of aryl methyl sites for hydroxylation is 1. The monoisotopic (exact) mass is 697 g/mol. The molecule has 0 aromatic heterocycles. The van der Waals surface area contributed by atoms with Gasteiger partial charge in [0.05, 0.1) is 15.4 Å². The van der Waals surface area contributed by atoms with Crippen molar-refractivity contribution in [3.05, 3.63) is 106 Å². The zero-order chi connectivity index (χ0) is 34.2. The zero-order valence-electron chi connectivity index (χ0n) is 28.0. The largest absolute Gasteiger partial charge is 1.00 e. The molecule has 3 heterocycles. The molecule has 0 amide bonds. The minimum absolute atomic E-state index is 0. The summed E-state index contributed by atoms with van der Waals surface area (Å²) < 4.78 is 46.7. The number of benzene rings is 3. The van der Waals surface area contributed by atoms with Crippen LogP contribution in [0.2, 0.25) is 0 Å². The van der Waals surface area contributed by atoms with Crippen molar-refractivity contribution in [1.82, 2.24) is 0 Å². The van der Waals surface area contributed by atoms with E-state index in [1.165, 1.54) is 12.1 Å². The molecule has 6 bridgehead atoms. The molecule has 0 saturated heterocycles. The molecule has 2 aliphatic carbocycles. The minimum atomic E-state index is -4.80. The maximum Gasteiger partial charge on any atom is 1.00 e. The number of hydrogen-bond donors (Lipinski definition) is 5. The predicted octanol–water partition coefficient (Wildman–Crippen LogP) is 1.81. The van der Waals surface area contributed by atoms with Gasteiger partial charge in [0.25, 0.3) is 0 Å². The van der Waals surface area contributed by atoms with Crippen LogP contribution < -0.4 is 45.8 Å². The van der Waals surface area contributed by atoms with Crippen LogP contribution in [0.4, 0.5) is 0 Å². The molecule has 8 rings (SSSR count). The first-order valence-corrected chi connectivity index (χ1v) is 18.1. The Morgan fingerprint density at radius 3 is 2.41 bits per heavy atom. The number of aromatic hydroxyl groups is 1. The van der Waals surface area contributed by atoms with Crippen molar-refractivity contribution in [2.75, 3.05) is 6.61 Å². The third kappa shape index (κ3) is 7.88. The number of phenolic OH excluding ortho intramolecular Hbond substituents is 1. The van der Waals surface area contributed by atoms with E-state index in [0.717, 1.165) is 29.5 Å². The van der Waals surface area contributed by atoms with E-state index in [1.807, 2.05) is 48.5 Å². The quantitative estimate of drug-likeness (QED) is 0.0806. The van der Waals surface area contributed by atoms with Gasteiger partial charge >= 0.3 is 29.6 Å². The summed E-state index contributed by atoms with van der Waals surface area (Å²) in [5.74, 6) is -0.647. The summed E-state index contributed by atoms with van der Waals surface area (Å²) in [6.45, 7) is 2.01. The number of fused-ring (bicyclic) bond motifs is 2. The average molecular weight is 698 g/mol. The predicted molar refractivity (Wildman–Crippen MR) is 182 cm³/mol. The fourth-order valence-electron chi connectivity index (χ4n) is 8.12. The van der Waals surface area contributed by atoms with Crippen molar-refractivity contribution in [1.29, 1.82) is 0 Å². The van der Waals surface area contributed by atoms with E-state index in [9.17, 15) is 28.3 Å². The Bertz CT molecular complexity index is 1800. The number of rotatable bonds is 7. The molecule has 256 valence electrons. The molecule has 0 saturated carbocycles. The first-order valence-electron chi connectivity index (χ1n) is 16.6. The van der Waals surface area contributed by atoms with Crippen LogP contribution >= 0.6 is 0 Å². The van der Waals surface area contributed by atoms with Gasteiger partial charge in [0.2, 0.25) is 5.72 Å². The Kier molecular flexibility index (Phi) is 11.5. The summed E-state index contributed by atoms with van der Waals surface area (Å²) in [6.07, 6.45) is 4.18. The van der Waals surface area contributed by atoms with Crippen LogP contribution in [0.15, 0.2) is 83.4 Å². The molecule has 3 aromatic rings. The molecular formula is C37H44N3NaO7S. The number of aliphatic imine (C=N–C) groups is 1. The molecule has 0 spiro atoms. The number of aliphatic hydroxyl groups excluding tert-OH is 2. The molecule has 3 aromatic carbocycles. The molecule has 5 aliphatic rings. The first kappa shape index (κ1) is 37.4. The van der Waals surface area contributed by atoms with Crippen molar-refractivity contribution in [2.24, 2.45) is 28.3 Å². The number of hydrogen-bond acceptors (Lipinski definition) is 8. The first-order chi connectivity index (χ1) is 22.9. The molecule has 0 unspecified atom stereocenters. The normalized spacial score (nSPS) is 26.9. The van der Waals surface area contributed by atoms with Gasteiger partial charge in [-0.1, -0.05) is 55.5 Å². The number of aliphatic hydroxyl groups is 2.